The Bertz CT molecular complexity index is 323. The number of rotatable bonds is 3. The van der Waals surface area contributed by atoms with E-state index >= 15 is 0 Å². The van der Waals surface area contributed by atoms with E-state index in [1.807, 2.05) is 32.8 Å². The van der Waals surface area contributed by atoms with Gasteiger partial charge in [-0.2, -0.15) is 0 Å². The van der Waals surface area contributed by atoms with E-state index in [2.05, 4.69) is 16.9 Å². The first kappa shape index (κ1) is 11.9. The molecule has 1 aromatic rings. The molecule has 0 amide bonds. The summed E-state index contributed by atoms with van der Waals surface area (Å²) >= 11 is 0. The molecule has 0 aliphatic rings. The number of nitrogens with two attached hydrogens (primary N) is 1. The molecule has 0 saturated carbocycles. The summed E-state index contributed by atoms with van der Waals surface area (Å²) in [6, 6.07) is 0. The van der Waals surface area contributed by atoms with Crippen LogP contribution in [-0.2, 0) is 0 Å². The van der Waals surface area contributed by atoms with Gasteiger partial charge in [0.2, 0.25) is 5.95 Å². The monoisotopic (exact) mass is 208 g/mol. The van der Waals surface area contributed by atoms with Crippen LogP contribution in [0.5, 0.6) is 0 Å². The molecular formula is C11H20N4. The number of aryl methyl sites for hydroxylation is 2. The van der Waals surface area contributed by atoms with Crippen LogP contribution in [-0.4, -0.2) is 30.6 Å². The molecule has 0 radical (unpaired) electrons. The van der Waals surface area contributed by atoms with Gasteiger partial charge in [-0.05, 0) is 31.9 Å². The lowest BCUT2D eigenvalue weighted by Crippen LogP contribution is -2.18. The summed E-state index contributed by atoms with van der Waals surface area (Å²) in [4.78, 5) is 10.8. The molecule has 0 bridgehead atoms. The molecule has 84 valence electrons. The molecule has 4 heteroatoms. The predicted molar refractivity (Wildman–Crippen MR) is 63.3 cm³/mol. The highest BCUT2D eigenvalue weighted by atomic mass is 15.2. The van der Waals surface area contributed by atoms with Crippen LogP contribution in [0.2, 0.25) is 0 Å². The van der Waals surface area contributed by atoms with E-state index in [0.717, 1.165) is 17.3 Å². The van der Waals surface area contributed by atoms with E-state index in [-0.39, 0.29) is 0 Å². The maximum Gasteiger partial charge on any atom is 0.225 e. The van der Waals surface area contributed by atoms with Gasteiger partial charge >= 0.3 is 0 Å². The molecule has 1 atom stereocenters. The van der Waals surface area contributed by atoms with Crippen molar-refractivity contribution in [2.45, 2.75) is 26.7 Å². The van der Waals surface area contributed by atoms with Crippen molar-refractivity contribution in [2.24, 2.45) is 5.73 Å². The Morgan fingerprint density at radius 1 is 1.20 bits per heavy atom. The average molecular weight is 208 g/mol. The summed E-state index contributed by atoms with van der Waals surface area (Å²) < 4.78 is 0. The van der Waals surface area contributed by atoms with Gasteiger partial charge in [-0.25, -0.2) is 9.97 Å². The number of nitrogens with zero attached hydrogens (tertiary/aromatic N) is 3. The molecule has 0 spiro atoms. The van der Waals surface area contributed by atoms with Crippen molar-refractivity contribution in [3.8, 4) is 0 Å². The SMILES string of the molecule is Cc1nc(N(C)C)nc(C)c1C(C)CN. The van der Waals surface area contributed by atoms with Crippen molar-refractivity contribution in [3.05, 3.63) is 17.0 Å². The van der Waals surface area contributed by atoms with Crippen molar-refractivity contribution in [2.75, 3.05) is 25.5 Å². The summed E-state index contributed by atoms with van der Waals surface area (Å²) in [6.07, 6.45) is 0. The van der Waals surface area contributed by atoms with Crippen LogP contribution in [0.4, 0.5) is 5.95 Å². The standard InChI is InChI=1S/C11H20N4/c1-7(6-12)10-8(2)13-11(15(4)5)14-9(10)3/h7H,6,12H2,1-5H3. The lowest BCUT2D eigenvalue weighted by Gasteiger charge is -2.18. The average Bonchev–Trinajstić information content (AvgIpc) is 2.16. The molecule has 4 nitrogen and oxygen atoms in total. The van der Waals surface area contributed by atoms with Gasteiger partial charge in [0.25, 0.3) is 0 Å². The molecule has 15 heavy (non-hydrogen) atoms. The van der Waals surface area contributed by atoms with Crippen LogP contribution in [0.25, 0.3) is 0 Å². The van der Waals surface area contributed by atoms with Crippen LogP contribution in [0.3, 0.4) is 0 Å². The number of hydrogen-bond donors (Lipinski definition) is 1. The second-order valence-electron chi connectivity index (χ2n) is 4.14. The Morgan fingerprint density at radius 3 is 2.00 bits per heavy atom. The molecule has 0 fully saturated rings. The molecule has 2 N–H and O–H groups in total. The zero-order valence-corrected chi connectivity index (χ0v) is 10.2. The second kappa shape index (κ2) is 4.57. The zero-order valence-electron chi connectivity index (χ0n) is 10.2. The zero-order chi connectivity index (χ0) is 11.6. The summed E-state index contributed by atoms with van der Waals surface area (Å²) in [6.45, 7) is 6.77. The summed E-state index contributed by atoms with van der Waals surface area (Å²) in [7, 11) is 3.89. The van der Waals surface area contributed by atoms with Crippen LogP contribution in [0.15, 0.2) is 0 Å². The quantitative estimate of drug-likeness (QED) is 0.811. The normalized spacial score (nSPS) is 12.7. The van der Waals surface area contributed by atoms with Crippen molar-refractivity contribution in [3.63, 3.8) is 0 Å². The fourth-order valence-electron chi connectivity index (χ4n) is 1.74. The van der Waals surface area contributed by atoms with Crippen molar-refractivity contribution >= 4 is 5.95 Å². The first-order valence-corrected chi connectivity index (χ1v) is 5.19. The molecular weight excluding hydrogens is 188 g/mol. The molecule has 1 heterocycles. The number of hydrogen-bond acceptors (Lipinski definition) is 4. The fourth-order valence-corrected chi connectivity index (χ4v) is 1.74. The molecule has 1 aromatic heterocycles. The molecule has 1 unspecified atom stereocenters. The van der Waals surface area contributed by atoms with E-state index in [0.29, 0.717) is 12.5 Å². The van der Waals surface area contributed by atoms with Crippen molar-refractivity contribution in [1.82, 2.24) is 9.97 Å². The van der Waals surface area contributed by atoms with E-state index < -0.39 is 0 Å². The lowest BCUT2D eigenvalue weighted by atomic mass is 9.98. The number of anilines is 1. The Kier molecular flexibility index (Phi) is 3.63. The van der Waals surface area contributed by atoms with Crippen LogP contribution >= 0.6 is 0 Å². The van der Waals surface area contributed by atoms with Gasteiger partial charge in [-0.15, -0.1) is 0 Å². The third-order valence-electron chi connectivity index (χ3n) is 2.56. The van der Waals surface area contributed by atoms with Gasteiger partial charge in [-0.3, -0.25) is 0 Å². The highest BCUT2D eigenvalue weighted by Crippen LogP contribution is 2.21. The molecule has 0 aromatic carbocycles. The van der Waals surface area contributed by atoms with Crippen molar-refractivity contribution in [1.29, 1.82) is 0 Å². The Balaban J connectivity index is 3.21. The van der Waals surface area contributed by atoms with E-state index in [4.69, 9.17) is 5.73 Å². The fraction of sp³-hybridized carbons (Fsp3) is 0.636. The van der Waals surface area contributed by atoms with Gasteiger partial charge in [0.1, 0.15) is 0 Å². The van der Waals surface area contributed by atoms with Crippen LogP contribution in [0, 0.1) is 13.8 Å². The van der Waals surface area contributed by atoms with E-state index in [1.165, 1.54) is 5.56 Å². The van der Waals surface area contributed by atoms with Gasteiger partial charge in [0, 0.05) is 25.5 Å². The third kappa shape index (κ3) is 2.45. The number of aromatic nitrogens is 2. The van der Waals surface area contributed by atoms with Crippen LogP contribution < -0.4 is 10.6 Å². The highest BCUT2D eigenvalue weighted by molar-refractivity contribution is 5.36. The van der Waals surface area contributed by atoms with E-state index in [1.54, 1.807) is 0 Å². The Labute approximate surface area is 91.5 Å². The first-order chi connectivity index (χ1) is 6.97. The summed E-state index contributed by atoms with van der Waals surface area (Å²) in [5.41, 5.74) is 8.92. The van der Waals surface area contributed by atoms with Gasteiger partial charge < -0.3 is 10.6 Å². The minimum absolute atomic E-state index is 0.321. The summed E-state index contributed by atoms with van der Waals surface area (Å²) in [5, 5.41) is 0. The topological polar surface area (TPSA) is 55.0 Å². The lowest BCUT2D eigenvalue weighted by molar-refractivity contribution is 0.740. The maximum absolute atomic E-state index is 5.67. The summed E-state index contributed by atoms with van der Waals surface area (Å²) in [5.74, 6) is 1.08. The smallest absolute Gasteiger partial charge is 0.225 e. The predicted octanol–water partition coefficient (Wildman–Crippen LogP) is 1.22. The first-order valence-electron chi connectivity index (χ1n) is 5.19. The van der Waals surface area contributed by atoms with Gasteiger partial charge in [0.05, 0.1) is 0 Å². The third-order valence-corrected chi connectivity index (χ3v) is 2.56. The minimum atomic E-state index is 0.321. The van der Waals surface area contributed by atoms with Crippen LogP contribution in [0.1, 0.15) is 29.8 Å². The minimum Gasteiger partial charge on any atom is -0.347 e. The largest absolute Gasteiger partial charge is 0.347 e. The Hall–Kier alpha value is -1.16. The maximum atomic E-state index is 5.67. The molecule has 0 saturated heterocycles. The molecule has 1 rings (SSSR count). The van der Waals surface area contributed by atoms with Gasteiger partial charge in [0.15, 0.2) is 0 Å². The second-order valence-corrected chi connectivity index (χ2v) is 4.14. The van der Waals surface area contributed by atoms with Crippen molar-refractivity contribution < 1.29 is 0 Å². The van der Waals surface area contributed by atoms with Gasteiger partial charge in [-0.1, -0.05) is 6.92 Å². The molecule has 0 aliphatic heterocycles. The highest BCUT2D eigenvalue weighted by Gasteiger charge is 2.14. The molecule has 0 aliphatic carbocycles. The Morgan fingerprint density at radius 2 is 1.67 bits per heavy atom. The van der Waals surface area contributed by atoms with E-state index in [9.17, 15) is 0 Å².